The molecule has 0 spiro atoms. The second kappa shape index (κ2) is 5.92. The van der Waals surface area contributed by atoms with Gasteiger partial charge in [-0.15, -0.1) is 0 Å². The maximum Gasteiger partial charge on any atom is 0.264 e. The molecule has 1 aromatic carbocycles. The number of H-pyrrole nitrogens is 1. The molecule has 0 radical (unpaired) electrons. The molecule has 0 fully saturated rings. The molecule has 7 nitrogen and oxygen atoms in total. The molecule has 0 bridgehead atoms. The molecular formula is C17H16N4O3. The fourth-order valence-corrected chi connectivity index (χ4v) is 3.16. The van der Waals surface area contributed by atoms with Gasteiger partial charge in [0.15, 0.2) is 5.58 Å². The van der Waals surface area contributed by atoms with Gasteiger partial charge in [-0.25, -0.2) is 5.10 Å². The number of aryl methyl sites for hydroxylation is 1. The second-order valence-corrected chi connectivity index (χ2v) is 6.01. The highest BCUT2D eigenvalue weighted by Crippen LogP contribution is 2.20. The van der Waals surface area contributed by atoms with E-state index in [9.17, 15) is 9.59 Å². The summed E-state index contributed by atoms with van der Waals surface area (Å²) in [7, 11) is 0. The summed E-state index contributed by atoms with van der Waals surface area (Å²) >= 11 is 0. The topological polar surface area (TPSA) is 101 Å². The quantitative estimate of drug-likeness (QED) is 0.752. The normalized spacial score (nSPS) is 16.8. The van der Waals surface area contributed by atoms with Gasteiger partial charge in [-0.05, 0) is 37.0 Å². The van der Waals surface area contributed by atoms with Crippen molar-refractivity contribution in [1.29, 1.82) is 0 Å². The van der Waals surface area contributed by atoms with E-state index in [2.05, 4.69) is 20.7 Å². The van der Waals surface area contributed by atoms with Crippen LogP contribution in [0.3, 0.4) is 0 Å². The van der Waals surface area contributed by atoms with Crippen molar-refractivity contribution < 1.29 is 9.32 Å². The third-order valence-corrected chi connectivity index (χ3v) is 4.32. The number of carbonyl (C=O) groups excluding carboxylic acids is 1. The number of carbonyl (C=O) groups is 1. The minimum Gasteiger partial charge on any atom is -0.356 e. The van der Waals surface area contributed by atoms with Crippen LogP contribution in [0, 0.1) is 0 Å². The molecule has 24 heavy (non-hydrogen) atoms. The summed E-state index contributed by atoms with van der Waals surface area (Å²) in [6, 6.07) is 9.05. The molecule has 0 aliphatic heterocycles. The predicted octanol–water partition coefficient (Wildman–Crippen LogP) is 1.13. The van der Waals surface area contributed by atoms with E-state index < -0.39 is 0 Å². The Hall–Kier alpha value is -2.96. The van der Waals surface area contributed by atoms with Crippen molar-refractivity contribution in [1.82, 2.24) is 20.7 Å². The summed E-state index contributed by atoms with van der Waals surface area (Å²) in [6.45, 7) is 0. The number of hydrogen-bond donors (Lipinski definition) is 2. The predicted molar refractivity (Wildman–Crippen MR) is 86.5 cm³/mol. The number of rotatable bonds is 3. The molecule has 7 heteroatoms. The summed E-state index contributed by atoms with van der Waals surface area (Å²) in [6.07, 6.45) is 2.34. The Labute approximate surface area is 137 Å². The van der Waals surface area contributed by atoms with Crippen LogP contribution in [-0.4, -0.2) is 27.3 Å². The molecule has 0 saturated heterocycles. The van der Waals surface area contributed by atoms with Gasteiger partial charge in [0.25, 0.3) is 5.56 Å². The van der Waals surface area contributed by atoms with Crippen molar-refractivity contribution in [2.75, 3.05) is 0 Å². The molecule has 122 valence electrons. The molecule has 1 aliphatic rings. The van der Waals surface area contributed by atoms with Crippen LogP contribution in [-0.2, 0) is 24.1 Å². The summed E-state index contributed by atoms with van der Waals surface area (Å²) in [5.74, 6) is -0.0969. The standard InChI is InChI=1S/C17H16N4O3/c22-16(9-14-12-3-1-2-4-15(12)24-21-14)18-11-5-6-13-10(7-11)8-17(23)20-19-13/h1-4,8,11H,5-7,9H2,(H,18,22)(H,20,23). The Kier molecular flexibility index (Phi) is 3.60. The lowest BCUT2D eigenvalue weighted by Gasteiger charge is -2.24. The van der Waals surface area contributed by atoms with E-state index in [-0.39, 0.29) is 23.9 Å². The van der Waals surface area contributed by atoms with E-state index in [1.165, 1.54) is 0 Å². The van der Waals surface area contributed by atoms with Crippen LogP contribution in [0.1, 0.15) is 23.4 Å². The monoisotopic (exact) mass is 324 g/mol. The van der Waals surface area contributed by atoms with Crippen molar-refractivity contribution >= 4 is 16.9 Å². The van der Waals surface area contributed by atoms with Crippen molar-refractivity contribution in [3.63, 3.8) is 0 Å². The van der Waals surface area contributed by atoms with E-state index >= 15 is 0 Å². The number of nitrogens with one attached hydrogen (secondary N) is 2. The van der Waals surface area contributed by atoms with E-state index in [4.69, 9.17) is 4.52 Å². The number of amides is 1. The fourth-order valence-electron chi connectivity index (χ4n) is 3.16. The Morgan fingerprint density at radius 1 is 1.38 bits per heavy atom. The number of aromatic nitrogens is 3. The van der Waals surface area contributed by atoms with E-state index in [1.807, 2.05) is 24.3 Å². The van der Waals surface area contributed by atoms with E-state index in [1.54, 1.807) is 6.07 Å². The van der Waals surface area contributed by atoms with Gasteiger partial charge in [0, 0.05) is 17.5 Å². The molecule has 1 aliphatic carbocycles. The zero-order valence-corrected chi connectivity index (χ0v) is 12.9. The zero-order valence-electron chi connectivity index (χ0n) is 12.9. The molecule has 2 aromatic heterocycles. The third kappa shape index (κ3) is 2.80. The third-order valence-electron chi connectivity index (χ3n) is 4.32. The summed E-state index contributed by atoms with van der Waals surface area (Å²) in [4.78, 5) is 23.7. The molecule has 2 heterocycles. The van der Waals surface area contributed by atoms with E-state index in [0.29, 0.717) is 17.7 Å². The van der Waals surface area contributed by atoms with Crippen molar-refractivity contribution in [2.45, 2.75) is 31.7 Å². The first kappa shape index (κ1) is 14.6. The minimum atomic E-state index is -0.213. The molecule has 2 N–H and O–H groups in total. The van der Waals surface area contributed by atoms with Crippen LogP contribution in [0.15, 0.2) is 39.6 Å². The molecule has 3 aromatic rings. The van der Waals surface area contributed by atoms with Crippen LogP contribution in [0.5, 0.6) is 0 Å². The Morgan fingerprint density at radius 2 is 2.25 bits per heavy atom. The largest absolute Gasteiger partial charge is 0.356 e. The maximum atomic E-state index is 12.3. The Morgan fingerprint density at radius 3 is 3.17 bits per heavy atom. The smallest absolute Gasteiger partial charge is 0.264 e. The lowest BCUT2D eigenvalue weighted by Crippen LogP contribution is -2.40. The first-order valence-electron chi connectivity index (χ1n) is 7.89. The molecular weight excluding hydrogens is 308 g/mol. The molecule has 1 amide bonds. The highest BCUT2D eigenvalue weighted by Gasteiger charge is 2.22. The highest BCUT2D eigenvalue weighted by atomic mass is 16.5. The highest BCUT2D eigenvalue weighted by molar-refractivity contribution is 5.86. The van der Waals surface area contributed by atoms with Gasteiger partial charge in [-0.3, -0.25) is 9.59 Å². The maximum absolute atomic E-state index is 12.3. The van der Waals surface area contributed by atoms with Crippen LogP contribution < -0.4 is 10.9 Å². The first-order chi connectivity index (χ1) is 11.7. The second-order valence-electron chi connectivity index (χ2n) is 6.01. The van der Waals surface area contributed by atoms with Gasteiger partial charge < -0.3 is 9.84 Å². The number of para-hydroxylation sites is 1. The molecule has 1 atom stereocenters. The summed E-state index contributed by atoms with van der Waals surface area (Å²) < 4.78 is 5.22. The fraction of sp³-hybridized carbons (Fsp3) is 0.294. The average Bonchev–Trinajstić information content (AvgIpc) is 2.97. The number of benzene rings is 1. The Bertz CT molecular complexity index is 960. The molecule has 1 unspecified atom stereocenters. The first-order valence-corrected chi connectivity index (χ1v) is 7.89. The van der Waals surface area contributed by atoms with Crippen LogP contribution in [0.4, 0.5) is 0 Å². The lowest BCUT2D eigenvalue weighted by molar-refractivity contribution is -0.121. The number of aromatic amines is 1. The van der Waals surface area contributed by atoms with Gasteiger partial charge in [-0.1, -0.05) is 17.3 Å². The summed E-state index contributed by atoms with van der Waals surface area (Å²) in [5, 5.41) is 14.4. The van der Waals surface area contributed by atoms with Gasteiger partial charge in [-0.2, -0.15) is 5.10 Å². The van der Waals surface area contributed by atoms with Crippen LogP contribution in [0.25, 0.3) is 11.0 Å². The lowest BCUT2D eigenvalue weighted by atomic mass is 9.92. The number of fused-ring (bicyclic) bond motifs is 2. The van der Waals surface area contributed by atoms with Gasteiger partial charge in [0.05, 0.1) is 12.1 Å². The minimum absolute atomic E-state index is 0.00626. The summed E-state index contributed by atoms with van der Waals surface area (Å²) in [5.41, 5.74) is 2.91. The van der Waals surface area contributed by atoms with Crippen molar-refractivity contribution in [2.24, 2.45) is 0 Å². The van der Waals surface area contributed by atoms with Crippen molar-refractivity contribution in [3.05, 3.63) is 57.6 Å². The SMILES string of the molecule is O=C(Cc1noc2ccccc12)NC1CCc2n[nH]c(=O)cc2C1. The Balaban J connectivity index is 1.44. The number of hydrogen-bond acceptors (Lipinski definition) is 5. The van der Waals surface area contributed by atoms with Crippen molar-refractivity contribution in [3.8, 4) is 0 Å². The van der Waals surface area contributed by atoms with Crippen LogP contribution >= 0.6 is 0 Å². The van der Waals surface area contributed by atoms with Gasteiger partial charge in [0.2, 0.25) is 5.91 Å². The van der Waals surface area contributed by atoms with E-state index in [0.717, 1.165) is 29.5 Å². The molecule has 0 saturated carbocycles. The number of nitrogens with zero attached hydrogens (tertiary/aromatic N) is 2. The van der Waals surface area contributed by atoms with Crippen LogP contribution in [0.2, 0.25) is 0 Å². The van der Waals surface area contributed by atoms with Gasteiger partial charge >= 0.3 is 0 Å². The average molecular weight is 324 g/mol. The zero-order chi connectivity index (χ0) is 16.5. The van der Waals surface area contributed by atoms with Gasteiger partial charge in [0.1, 0.15) is 5.69 Å². The molecule has 4 rings (SSSR count).